The van der Waals surface area contributed by atoms with E-state index in [1.54, 1.807) is 0 Å². The maximum atomic E-state index is 5.69. The van der Waals surface area contributed by atoms with Gasteiger partial charge in [0.15, 0.2) is 0 Å². The summed E-state index contributed by atoms with van der Waals surface area (Å²) in [5.41, 5.74) is 9.60. The topological polar surface area (TPSA) is 38.5 Å². The van der Waals surface area contributed by atoms with Gasteiger partial charge in [0.25, 0.3) is 0 Å². The van der Waals surface area contributed by atoms with E-state index < -0.39 is 0 Å². The minimum atomic E-state index is 0.170. The molecule has 0 aliphatic carbocycles. The molecule has 0 radical (unpaired) electrons. The van der Waals surface area contributed by atoms with E-state index in [0.29, 0.717) is 6.54 Å². The van der Waals surface area contributed by atoms with Crippen molar-refractivity contribution in [1.82, 2.24) is 0 Å². The fourth-order valence-corrected chi connectivity index (χ4v) is 2.20. The van der Waals surface area contributed by atoms with E-state index in [2.05, 4.69) is 44.0 Å². The molecule has 0 heterocycles. The Hall–Kier alpha value is -1.06. The lowest BCUT2D eigenvalue weighted by molar-refractivity contribution is 0.0646. The van der Waals surface area contributed by atoms with Crippen LogP contribution in [0, 0.1) is 13.8 Å². The summed E-state index contributed by atoms with van der Waals surface area (Å²) in [5.74, 6) is 0. The van der Waals surface area contributed by atoms with Gasteiger partial charge in [0.1, 0.15) is 0 Å². The van der Waals surface area contributed by atoms with Gasteiger partial charge in [-0.2, -0.15) is 0 Å². The Morgan fingerprint density at radius 1 is 1.33 bits per heavy atom. The zero-order chi connectivity index (χ0) is 13.5. The maximum absolute atomic E-state index is 5.69. The highest BCUT2D eigenvalue weighted by atomic mass is 16.5. The van der Waals surface area contributed by atoms with Gasteiger partial charge in [-0.05, 0) is 38.8 Å². The number of nitrogens with zero attached hydrogens (tertiary/aromatic N) is 1. The van der Waals surface area contributed by atoms with Crippen molar-refractivity contribution >= 4 is 5.69 Å². The number of hydrogen-bond donors (Lipinski definition) is 1. The van der Waals surface area contributed by atoms with E-state index >= 15 is 0 Å². The van der Waals surface area contributed by atoms with Gasteiger partial charge in [0.2, 0.25) is 0 Å². The number of aryl methyl sites for hydroxylation is 2. The molecular formula is C15H26N2O. The Morgan fingerprint density at radius 2 is 2.06 bits per heavy atom. The second-order valence-electron chi connectivity index (χ2n) is 4.81. The van der Waals surface area contributed by atoms with Crippen molar-refractivity contribution in [2.24, 2.45) is 5.73 Å². The zero-order valence-electron chi connectivity index (χ0n) is 12.1. The fraction of sp³-hybridized carbons (Fsp3) is 0.600. The third-order valence-electron chi connectivity index (χ3n) is 3.22. The van der Waals surface area contributed by atoms with Crippen molar-refractivity contribution < 1.29 is 4.74 Å². The second-order valence-corrected chi connectivity index (χ2v) is 4.81. The summed E-state index contributed by atoms with van der Waals surface area (Å²) in [6.45, 7) is 8.57. The summed E-state index contributed by atoms with van der Waals surface area (Å²) in [6.07, 6.45) is 1.14. The van der Waals surface area contributed by atoms with Gasteiger partial charge in [-0.25, -0.2) is 0 Å². The quantitative estimate of drug-likeness (QED) is 0.808. The highest BCUT2D eigenvalue weighted by molar-refractivity contribution is 5.53. The van der Waals surface area contributed by atoms with E-state index in [1.165, 1.54) is 16.8 Å². The van der Waals surface area contributed by atoms with Crippen LogP contribution in [-0.2, 0) is 4.74 Å². The Morgan fingerprint density at radius 3 is 2.61 bits per heavy atom. The number of ether oxygens (including phenoxy) is 1. The molecule has 1 rings (SSSR count). The molecule has 102 valence electrons. The number of anilines is 1. The molecule has 1 aromatic carbocycles. The summed E-state index contributed by atoms with van der Waals surface area (Å²) >= 11 is 0. The molecule has 1 atom stereocenters. The van der Waals surface area contributed by atoms with Crippen LogP contribution in [0.5, 0.6) is 0 Å². The highest BCUT2D eigenvalue weighted by Gasteiger charge is 2.09. The first kappa shape index (κ1) is 15.0. The van der Waals surface area contributed by atoms with Gasteiger partial charge >= 0.3 is 0 Å². The van der Waals surface area contributed by atoms with Crippen molar-refractivity contribution in [1.29, 1.82) is 0 Å². The largest absolute Gasteiger partial charge is 0.377 e. The Balaban J connectivity index is 2.56. The van der Waals surface area contributed by atoms with Crippen LogP contribution in [0.4, 0.5) is 5.69 Å². The van der Waals surface area contributed by atoms with Gasteiger partial charge in [0.05, 0.1) is 6.10 Å². The predicted molar refractivity (Wildman–Crippen MR) is 78.3 cm³/mol. The first-order valence-electron chi connectivity index (χ1n) is 6.68. The van der Waals surface area contributed by atoms with Crippen LogP contribution < -0.4 is 10.6 Å². The van der Waals surface area contributed by atoms with Crippen molar-refractivity contribution in [3.05, 3.63) is 29.3 Å². The summed E-state index contributed by atoms with van der Waals surface area (Å²) in [6, 6.07) is 6.55. The lowest BCUT2D eigenvalue weighted by atomic mass is 10.1. The molecule has 0 aliphatic rings. The van der Waals surface area contributed by atoms with Crippen LogP contribution in [0.3, 0.4) is 0 Å². The summed E-state index contributed by atoms with van der Waals surface area (Å²) in [4.78, 5) is 2.27. The van der Waals surface area contributed by atoms with Crippen LogP contribution in [0.15, 0.2) is 18.2 Å². The zero-order valence-corrected chi connectivity index (χ0v) is 12.1. The molecule has 2 N–H and O–H groups in total. The van der Waals surface area contributed by atoms with E-state index in [1.807, 2.05) is 6.92 Å². The summed E-state index contributed by atoms with van der Waals surface area (Å²) < 4.78 is 5.58. The monoisotopic (exact) mass is 250 g/mol. The molecule has 0 saturated carbocycles. The van der Waals surface area contributed by atoms with Crippen LogP contribution in [0.25, 0.3) is 0 Å². The Labute approximate surface area is 111 Å². The molecular weight excluding hydrogens is 224 g/mol. The molecule has 1 unspecified atom stereocenters. The number of benzene rings is 1. The van der Waals surface area contributed by atoms with Gasteiger partial charge in [0, 0.05) is 32.4 Å². The third-order valence-corrected chi connectivity index (χ3v) is 3.22. The van der Waals surface area contributed by atoms with Crippen LogP contribution in [-0.4, -0.2) is 32.8 Å². The van der Waals surface area contributed by atoms with Crippen LogP contribution in [0.1, 0.15) is 24.5 Å². The Kier molecular flexibility index (Phi) is 6.16. The molecule has 0 amide bonds. The lowest BCUT2D eigenvalue weighted by Gasteiger charge is -2.24. The molecule has 0 spiro atoms. The normalized spacial score (nSPS) is 12.5. The molecule has 0 fully saturated rings. The van der Waals surface area contributed by atoms with Gasteiger partial charge in [-0.15, -0.1) is 0 Å². The lowest BCUT2D eigenvalue weighted by Crippen LogP contribution is -2.30. The van der Waals surface area contributed by atoms with E-state index in [9.17, 15) is 0 Å². The van der Waals surface area contributed by atoms with E-state index in [0.717, 1.165) is 19.6 Å². The summed E-state index contributed by atoms with van der Waals surface area (Å²) in [7, 11) is 2.12. The second kappa shape index (κ2) is 7.39. The predicted octanol–water partition coefficient (Wildman–Crippen LogP) is 2.49. The average Bonchev–Trinajstić information content (AvgIpc) is 2.34. The number of rotatable bonds is 7. The van der Waals surface area contributed by atoms with E-state index in [4.69, 9.17) is 10.5 Å². The smallest absolute Gasteiger partial charge is 0.0713 e. The standard InChI is InChI=1S/C15H26N2O/c1-5-18-14(11-16)8-9-17(4)15-7-6-12(2)10-13(15)3/h6-7,10,14H,5,8-9,11,16H2,1-4H3. The number of nitrogens with two attached hydrogens (primary N) is 1. The molecule has 0 bridgehead atoms. The van der Waals surface area contributed by atoms with Crippen molar-refractivity contribution in [3.63, 3.8) is 0 Å². The highest BCUT2D eigenvalue weighted by Crippen LogP contribution is 2.20. The molecule has 18 heavy (non-hydrogen) atoms. The molecule has 3 nitrogen and oxygen atoms in total. The minimum Gasteiger partial charge on any atom is -0.377 e. The van der Waals surface area contributed by atoms with Crippen molar-refractivity contribution in [3.8, 4) is 0 Å². The molecule has 3 heteroatoms. The van der Waals surface area contributed by atoms with Gasteiger partial charge in [-0.1, -0.05) is 17.7 Å². The first-order valence-corrected chi connectivity index (χ1v) is 6.68. The molecule has 0 saturated heterocycles. The molecule has 0 aromatic heterocycles. The van der Waals surface area contributed by atoms with Crippen molar-refractivity contribution in [2.75, 3.05) is 31.6 Å². The summed E-state index contributed by atoms with van der Waals surface area (Å²) in [5, 5.41) is 0. The SMILES string of the molecule is CCOC(CN)CCN(C)c1ccc(C)cc1C. The minimum absolute atomic E-state index is 0.170. The third kappa shape index (κ3) is 4.31. The molecule has 1 aromatic rings. The Bertz CT molecular complexity index is 366. The van der Waals surface area contributed by atoms with Crippen molar-refractivity contribution in [2.45, 2.75) is 33.3 Å². The van der Waals surface area contributed by atoms with Crippen LogP contribution >= 0.6 is 0 Å². The fourth-order valence-electron chi connectivity index (χ4n) is 2.20. The van der Waals surface area contributed by atoms with E-state index in [-0.39, 0.29) is 6.10 Å². The first-order chi connectivity index (χ1) is 8.58. The van der Waals surface area contributed by atoms with Gasteiger partial charge in [-0.3, -0.25) is 0 Å². The van der Waals surface area contributed by atoms with Crippen LogP contribution in [0.2, 0.25) is 0 Å². The number of hydrogen-bond acceptors (Lipinski definition) is 3. The maximum Gasteiger partial charge on any atom is 0.0713 e. The average molecular weight is 250 g/mol. The van der Waals surface area contributed by atoms with Gasteiger partial charge < -0.3 is 15.4 Å². The molecule has 0 aliphatic heterocycles.